The van der Waals surface area contributed by atoms with Crippen LogP contribution in [0.15, 0.2) is 42.5 Å². The molecule has 0 bridgehead atoms. The molecule has 0 aliphatic carbocycles. The second-order valence-corrected chi connectivity index (χ2v) is 9.93. The summed E-state index contributed by atoms with van der Waals surface area (Å²) in [4.78, 5) is 14.0. The van der Waals surface area contributed by atoms with Crippen LogP contribution in [-0.4, -0.2) is 43.2 Å². The lowest BCUT2D eigenvalue weighted by atomic mass is 10.0. The maximum atomic E-state index is 5.51. The lowest BCUT2D eigenvalue weighted by Gasteiger charge is -2.17. The Morgan fingerprint density at radius 2 is 1.71 bits per heavy atom. The average Bonchev–Trinajstić information content (AvgIpc) is 3.28. The maximum Gasteiger partial charge on any atom is 0.162 e. The van der Waals surface area contributed by atoms with E-state index in [4.69, 9.17) is 14.5 Å². The largest absolute Gasteiger partial charge is 0.493 e. The van der Waals surface area contributed by atoms with Crippen molar-refractivity contribution in [2.75, 3.05) is 33.6 Å². The van der Waals surface area contributed by atoms with Gasteiger partial charge in [0.2, 0.25) is 0 Å². The third-order valence-corrected chi connectivity index (χ3v) is 7.03. The number of nitrogens with zero attached hydrogens (tertiary/aromatic N) is 3. The number of nitrogens with one attached hydrogen (secondary N) is 1. The van der Waals surface area contributed by atoms with Gasteiger partial charge in [-0.05, 0) is 64.2 Å². The topological polar surface area (TPSA) is 59.5 Å². The third kappa shape index (κ3) is 5.00. The van der Waals surface area contributed by atoms with E-state index in [0.29, 0.717) is 17.3 Å². The number of benzene rings is 2. The lowest BCUT2D eigenvalue weighted by Crippen LogP contribution is -2.11. The summed E-state index contributed by atoms with van der Waals surface area (Å²) in [5.74, 6) is 2.80. The summed E-state index contributed by atoms with van der Waals surface area (Å²) in [7, 11) is 7.48. The van der Waals surface area contributed by atoms with Gasteiger partial charge >= 0.3 is 0 Å². The third-order valence-electron chi connectivity index (χ3n) is 5.73. The highest BCUT2D eigenvalue weighted by Crippen LogP contribution is 2.37. The molecule has 1 N–H and O–H groups in total. The first-order valence-corrected chi connectivity index (χ1v) is 12.1. The first kappa shape index (κ1) is 24.0. The molecule has 0 fully saturated rings. The van der Waals surface area contributed by atoms with Crippen LogP contribution in [0.4, 0.5) is 5.82 Å². The van der Waals surface area contributed by atoms with Crippen molar-refractivity contribution in [2.45, 2.75) is 33.4 Å². The summed E-state index contributed by atoms with van der Waals surface area (Å²) in [6, 6.07) is 15.0. The highest BCUT2D eigenvalue weighted by molar-refractivity contribution is 7.15. The van der Waals surface area contributed by atoms with Crippen molar-refractivity contribution in [1.82, 2.24) is 14.9 Å². The second-order valence-electron chi connectivity index (χ2n) is 8.81. The van der Waals surface area contributed by atoms with Gasteiger partial charge in [0.15, 0.2) is 11.5 Å². The Bertz CT molecular complexity index is 1320. The highest BCUT2D eigenvalue weighted by Gasteiger charge is 2.17. The van der Waals surface area contributed by atoms with E-state index in [1.54, 1.807) is 14.2 Å². The summed E-state index contributed by atoms with van der Waals surface area (Å²) in [6.45, 7) is 7.12. The van der Waals surface area contributed by atoms with Crippen molar-refractivity contribution in [3.8, 4) is 21.9 Å². The van der Waals surface area contributed by atoms with Crippen molar-refractivity contribution in [3.63, 3.8) is 0 Å². The zero-order chi connectivity index (χ0) is 24.4. The minimum Gasteiger partial charge on any atom is -0.493 e. The molecule has 34 heavy (non-hydrogen) atoms. The SMILES string of the molecule is COc1cc2nc(C)nc(NC(C)c3ccc(-c4ccc(C)cc4CN(C)C)s3)c2cc1OC. The number of thiophene rings is 1. The Hall–Kier alpha value is -3.16. The van der Waals surface area contributed by atoms with Gasteiger partial charge in [-0.15, -0.1) is 11.3 Å². The average molecular weight is 477 g/mol. The van der Waals surface area contributed by atoms with Crippen LogP contribution in [0.25, 0.3) is 21.3 Å². The Morgan fingerprint density at radius 1 is 0.971 bits per heavy atom. The molecular weight excluding hydrogens is 444 g/mol. The summed E-state index contributed by atoms with van der Waals surface area (Å²) < 4.78 is 11.0. The molecule has 178 valence electrons. The van der Waals surface area contributed by atoms with Crippen LogP contribution in [-0.2, 0) is 6.54 Å². The van der Waals surface area contributed by atoms with Crippen LogP contribution in [0, 0.1) is 13.8 Å². The van der Waals surface area contributed by atoms with E-state index in [1.807, 2.05) is 30.4 Å². The number of rotatable bonds is 8. The van der Waals surface area contributed by atoms with Gasteiger partial charge in [-0.3, -0.25) is 0 Å². The molecule has 0 aliphatic heterocycles. The predicted octanol–water partition coefficient (Wildman–Crippen LogP) is 6.23. The van der Waals surface area contributed by atoms with Crippen molar-refractivity contribution in [1.29, 1.82) is 0 Å². The molecule has 4 aromatic rings. The molecule has 0 radical (unpaired) electrons. The quantitative estimate of drug-likeness (QED) is 0.325. The van der Waals surface area contributed by atoms with E-state index in [1.165, 1.54) is 26.4 Å². The first-order valence-electron chi connectivity index (χ1n) is 11.3. The van der Waals surface area contributed by atoms with Crippen LogP contribution in [0.5, 0.6) is 11.5 Å². The van der Waals surface area contributed by atoms with Gasteiger partial charge in [0.05, 0.1) is 25.8 Å². The Morgan fingerprint density at radius 3 is 2.41 bits per heavy atom. The Labute approximate surface area is 205 Å². The maximum absolute atomic E-state index is 5.51. The summed E-state index contributed by atoms with van der Waals surface area (Å²) in [5, 5.41) is 4.51. The van der Waals surface area contributed by atoms with E-state index in [-0.39, 0.29) is 6.04 Å². The molecule has 2 heterocycles. The number of aryl methyl sites for hydroxylation is 2. The number of anilines is 1. The van der Waals surface area contributed by atoms with E-state index in [9.17, 15) is 0 Å². The lowest BCUT2D eigenvalue weighted by molar-refractivity contribution is 0.356. The fraction of sp³-hybridized carbons (Fsp3) is 0.333. The highest BCUT2D eigenvalue weighted by atomic mass is 32.1. The number of aromatic nitrogens is 2. The smallest absolute Gasteiger partial charge is 0.162 e. The molecule has 0 amide bonds. The zero-order valence-electron chi connectivity index (χ0n) is 20.9. The molecule has 0 aliphatic rings. The second kappa shape index (κ2) is 9.99. The number of ether oxygens (including phenoxy) is 2. The number of hydrogen-bond acceptors (Lipinski definition) is 7. The molecule has 4 rings (SSSR count). The number of methoxy groups -OCH3 is 2. The standard InChI is InChI=1S/C27H32N4O2S/c1-16-8-9-20(19(12-16)15-31(4)5)26-11-10-25(34-26)17(2)28-27-21-13-23(32-6)24(33-7)14-22(21)29-18(3)30-27/h8-14,17H,15H2,1-7H3,(H,28,29,30). The van der Waals surface area contributed by atoms with E-state index in [0.717, 1.165) is 23.3 Å². The first-order chi connectivity index (χ1) is 16.3. The van der Waals surface area contributed by atoms with E-state index in [2.05, 4.69) is 73.5 Å². The molecule has 2 aromatic carbocycles. The number of hydrogen-bond donors (Lipinski definition) is 1. The van der Waals surface area contributed by atoms with Crippen molar-refractivity contribution < 1.29 is 9.47 Å². The Balaban J connectivity index is 1.66. The fourth-order valence-electron chi connectivity index (χ4n) is 4.12. The van der Waals surface area contributed by atoms with E-state index >= 15 is 0 Å². The minimum absolute atomic E-state index is 0.0760. The Kier molecular flexibility index (Phi) is 7.05. The van der Waals surface area contributed by atoms with Gasteiger partial charge in [0.1, 0.15) is 11.6 Å². The molecule has 0 saturated carbocycles. The molecule has 6 nitrogen and oxygen atoms in total. The molecular formula is C27H32N4O2S. The predicted molar refractivity (Wildman–Crippen MR) is 141 cm³/mol. The van der Waals surface area contributed by atoms with Crippen molar-refractivity contribution >= 4 is 28.1 Å². The molecule has 0 saturated heterocycles. The molecule has 1 unspecified atom stereocenters. The van der Waals surface area contributed by atoms with Crippen LogP contribution in [0.2, 0.25) is 0 Å². The summed E-state index contributed by atoms with van der Waals surface area (Å²) >= 11 is 1.81. The molecule has 2 aromatic heterocycles. The van der Waals surface area contributed by atoms with Gasteiger partial charge in [0.25, 0.3) is 0 Å². The monoisotopic (exact) mass is 476 g/mol. The van der Waals surface area contributed by atoms with Gasteiger partial charge < -0.3 is 19.7 Å². The van der Waals surface area contributed by atoms with Gasteiger partial charge in [-0.25, -0.2) is 9.97 Å². The van der Waals surface area contributed by atoms with E-state index < -0.39 is 0 Å². The van der Waals surface area contributed by atoms with Crippen LogP contribution < -0.4 is 14.8 Å². The molecule has 7 heteroatoms. The fourth-order valence-corrected chi connectivity index (χ4v) is 5.19. The van der Waals surface area contributed by atoms with Crippen LogP contribution in [0.1, 0.15) is 34.8 Å². The summed E-state index contributed by atoms with van der Waals surface area (Å²) in [5.41, 5.74) is 4.74. The van der Waals surface area contributed by atoms with Gasteiger partial charge in [-0.2, -0.15) is 0 Å². The van der Waals surface area contributed by atoms with Crippen molar-refractivity contribution in [2.24, 2.45) is 0 Å². The summed E-state index contributed by atoms with van der Waals surface area (Å²) in [6.07, 6.45) is 0. The van der Waals surface area contributed by atoms with Crippen LogP contribution in [0.3, 0.4) is 0 Å². The number of fused-ring (bicyclic) bond motifs is 1. The van der Waals surface area contributed by atoms with Gasteiger partial charge in [0, 0.05) is 27.8 Å². The van der Waals surface area contributed by atoms with Crippen molar-refractivity contribution in [3.05, 3.63) is 64.3 Å². The van der Waals surface area contributed by atoms with Crippen LogP contribution >= 0.6 is 11.3 Å². The van der Waals surface area contributed by atoms with Gasteiger partial charge in [-0.1, -0.05) is 23.8 Å². The zero-order valence-corrected chi connectivity index (χ0v) is 21.7. The molecule has 0 spiro atoms. The minimum atomic E-state index is 0.0760. The normalized spacial score (nSPS) is 12.2. The molecule has 1 atom stereocenters.